The number of rotatable bonds is 6. The van der Waals surface area contributed by atoms with Gasteiger partial charge < -0.3 is 14.9 Å². The average Bonchev–Trinajstić information content (AvgIpc) is 3.01. The minimum atomic E-state index is -1.31. The third-order valence-corrected chi connectivity index (χ3v) is 5.47. The van der Waals surface area contributed by atoms with Crippen LogP contribution in [0.25, 0.3) is 0 Å². The summed E-state index contributed by atoms with van der Waals surface area (Å²) in [5.74, 6) is -0.900. The van der Waals surface area contributed by atoms with Gasteiger partial charge in [0.05, 0.1) is 5.02 Å². The number of amides is 1. The zero-order valence-corrected chi connectivity index (χ0v) is 16.6. The Morgan fingerprint density at radius 1 is 1.23 bits per heavy atom. The molecule has 0 saturated carbocycles. The Hall–Kier alpha value is -2.66. The Bertz CT molecular complexity index is 935. The molecule has 2 aromatic rings. The van der Waals surface area contributed by atoms with Crippen molar-refractivity contribution in [2.75, 3.05) is 18.0 Å². The van der Waals surface area contributed by atoms with Crippen LogP contribution in [0, 0.1) is 5.92 Å². The second-order valence-electron chi connectivity index (χ2n) is 7.19. The van der Waals surface area contributed by atoms with Crippen molar-refractivity contribution in [3.63, 3.8) is 0 Å². The van der Waals surface area contributed by atoms with E-state index in [0.29, 0.717) is 42.5 Å². The molecule has 1 saturated heterocycles. The van der Waals surface area contributed by atoms with Gasteiger partial charge in [-0.05, 0) is 30.9 Å². The van der Waals surface area contributed by atoms with Gasteiger partial charge in [-0.2, -0.15) is 0 Å². The maximum atomic E-state index is 12.9. The molecule has 2 atom stereocenters. The summed E-state index contributed by atoms with van der Waals surface area (Å²) in [5, 5.41) is 20.1. The number of likely N-dealkylation sites (tertiary alicyclic amines) is 1. The molecule has 1 fully saturated rings. The summed E-state index contributed by atoms with van der Waals surface area (Å²) in [6.07, 6.45) is 3.33. The number of carboxylic acid groups (broad SMARTS) is 1. The smallest absolute Gasteiger partial charge is 0.303 e. The molecular weight excluding hydrogens is 414 g/mol. The van der Waals surface area contributed by atoms with Crippen LogP contribution in [0.4, 0.5) is 5.82 Å². The fraction of sp³-hybridized carbons (Fsp3) is 0.421. The number of pyridine rings is 1. The standard InChI is InChI=1S/C19H20ClN5O5/c20-12-1-2-13(23-10-12)25-17(28)15-16(22-6-5-21-15)18(25)30-19(29)24-7-3-11(4-8-24)9-14(26)27/h1-2,5-6,10-11,18-19,29H,3-4,7-9H2,(H,26,27). The van der Waals surface area contributed by atoms with Crippen molar-refractivity contribution in [2.45, 2.75) is 31.9 Å². The van der Waals surface area contributed by atoms with Gasteiger partial charge in [-0.15, -0.1) is 0 Å². The van der Waals surface area contributed by atoms with Crippen LogP contribution in [-0.4, -0.2) is 61.4 Å². The third-order valence-electron chi connectivity index (χ3n) is 5.25. The molecule has 0 aromatic carbocycles. The van der Waals surface area contributed by atoms with E-state index in [4.69, 9.17) is 21.4 Å². The molecule has 2 aliphatic heterocycles. The molecule has 2 aromatic heterocycles. The number of halogens is 1. The van der Waals surface area contributed by atoms with Gasteiger partial charge in [-0.1, -0.05) is 11.6 Å². The van der Waals surface area contributed by atoms with Gasteiger partial charge in [0.25, 0.3) is 5.91 Å². The Balaban J connectivity index is 1.52. The zero-order chi connectivity index (χ0) is 21.3. The molecule has 4 rings (SSSR count). The summed E-state index contributed by atoms with van der Waals surface area (Å²) in [7, 11) is 0. The summed E-state index contributed by atoms with van der Waals surface area (Å²) >= 11 is 5.90. The summed E-state index contributed by atoms with van der Waals surface area (Å²) in [6.45, 7) is 0.957. The Morgan fingerprint density at radius 2 is 1.97 bits per heavy atom. The van der Waals surface area contributed by atoms with E-state index in [1.807, 2.05) is 0 Å². The predicted molar refractivity (Wildman–Crippen MR) is 104 cm³/mol. The molecule has 11 heteroatoms. The average molecular weight is 434 g/mol. The Labute approximate surface area is 177 Å². The van der Waals surface area contributed by atoms with Gasteiger partial charge in [0.1, 0.15) is 11.5 Å². The number of ether oxygens (including phenoxy) is 1. The number of fused-ring (bicyclic) bond motifs is 1. The molecule has 2 unspecified atom stereocenters. The monoisotopic (exact) mass is 433 g/mol. The summed E-state index contributed by atoms with van der Waals surface area (Å²) < 4.78 is 5.86. The van der Waals surface area contributed by atoms with Crippen LogP contribution in [0.15, 0.2) is 30.7 Å². The Kier molecular flexibility index (Phi) is 5.91. The molecule has 2 N–H and O–H groups in total. The van der Waals surface area contributed by atoms with E-state index >= 15 is 0 Å². The van der Waals surface area contributed by atoms with E-state index in [1.54, 1.807) is 17.0 Å². The molecule has 0 radical (unpaired) electrons. The minimum Gasteiger partial charge on any atom is -0.481 e. The zero-order valence-electron chi connectivity index (χ0n) is 15.9. The third kappa shape index (κ3) is 4.12. The number of aromatic nitrogens is 3. The van der Waals surface area contributed by atoms with Crippen LogP contribution in [0.1, 0.15) is 41.7 Å². The van der Waals surface area contributed by atoms with Crippen molar-refractivity contribution in [3.05, 3.63) is 47.1 Å². The van der Waals surface area contributed by atoms with Gasteiger partial charge in [0.2, 0.25) is 6.41 Å². The number of carbonyl (C=O) groups is 2. The Morgan fingerprint density at radius 3 is 2.63 bits per heavy atom. The fourth-order valence-electron chi connectivity index (χ4n) is 3.72. The van der Waals surface area contributed by atoms with Crippen molar-refractivity contribution in [1.82, 2.24) is 19.9 Å². The van der Waals surface area contributed by atoms with Gasteiger partial charge in [0, 0.05) is 38.1 Å². The SMILES string of the molecule is O=C(O)CC1CCN(C(O)OC2c3nccnc3C(=O)N2c2ccc(Cl)cn2)CC1. The molecule has 4 heterocycles. The van der Waals surface area contributed by atoms with Gasteiger partial charge in [-0.3, -0.25) is 24.4 Å². The predicted octanol–water partition coefficient (Wildman–Crippen LogP) is 1.66. The number of hydrogen-bond acceptors (Lipinski definition) is 8. The van der Waals surface area contributed by atoms with Crippen molar-refractivity contribution in [2.24, 2.45) is 5.92 Å². The number of aliphatic hydroxyl groups is 1. The lowest BCUT2D eigenvalue weighted by Crippen LogP contribution is -2.45. The van der Waals surface area contributed by atoms with Crippen molar-refractivity contribution in [3.8, 4) is 0 Å². The molecule has 30 heavy (non-hydrogen) atoms. The number of piperidine rings is 1. The van der Waals surface area contributed by atoms with Gasteiger partial charge >= 0.3 is 5.97 Å². The lowest BCUT2D eigenvalue weighted by molar-refractivity contribution is -0.223. The highest BCUT2D eigenvalue weighted by Crippen LogP contribution is 2.36. The highest BCUT2D eigenvalue weighted by Gasteiger charge is 2.43. The first kappa shape index (κ1) is 20.6. The maximum absolute atomic E-state index is 12.9. The number of hydrogen-bond donors (Lipinski definition) is 2. The summed E-state index contributed by atoms with van der Waals surface area (Å²) in [4.78, 5) is 39.3. The van der Waals surface area contributed by atoms with E-state index in [0.717, 1.165) is 0 Å². The lowest BCUT2D eigenvalue weighted by Gasteiger charge is -2.36. The van der Waals surface area contributed by atoms with E-state index in [1.165, 1.54) is 23.5 Å². The van der Waals surface area contributed by atoms with E-state index in [2.05, 4.69) is 15.0 Å². The largest absolute Gasteiger partial charge is 0.481 e. The van der Waals surface area contributed by atoms with Gasteiger partial charge in [0.15, 0.2) is 11.9 Å². The molecule has 0 spiro atoms. The molecule has 2 aliphatic rings. The second-order valence-corrected chi connectivity index (χ2v) is 7.63. The van der Waals surface area contributed by atoms with E-state index in [-0.39, 0.29) is 18.0 Å². The molecule has 1 amide bonds. The second kappa shape index (κ2) is 8.60. The number of carbonyl (C=O) groups excluding carboxylic acids is 1. The first-order chi connectivity index (χ1) is 14.4. The minimum absolute atomic E-state index is 0.0698. The maximum Gasteiger partial charge on any atom is 0.303 e. The number of anilines is 1. The van der Waals surface area contributed by atoms with Crippen molar-refractivity contribution in [1.29, 1.82) is 0 Å². The molecule has 0 aliphatic carbocycles. The number of carboxylic acids is 1. The molecule has 158 valence electrons. The van der Waals surface area contributed by atoms with Gasteiger partial charge in [-0.25, -0.2) is 9.97 Å². The van der Waals surface area contributed by atoms with E-state index in [9.17, 15) is 14.7 Å². The fourth-order valence-corrected chi connectivity index (χ4v) is 3.84. The molecule has 10 nitrogen and oxygen atoms in total. The van der Waals surface area contributed by atoms with Crippen LogP contribution in [0.3, 0.4) is 0 Å². The molecular formula is C19H20ClN5O5. The van der Waals surface area contributed by atoms with Crippen LogP contribution in [0.2, 0.25) is 5.02 Å². The van der Waals surface area contributed by atoms with Crippen LogP contribution < -0.4 is 4.90 Å². The highest BCUT2D eigenvalue weighted by atomic mass is 35.5. The number of aliphatic hydroxyl groups excluding tert-OH is 1. The van der Waals surface area contributed by atoms with E-state index < -0.39 is 24.5 Å². The quantitative estimate of drug-likeness (QED) is 0.653. The number of nitrogens with zero attached hydrogens (tertiary/aromatic N) is 5. The van der Waals surface area contributed by atoms with Crippen LogP contribution in [-0.2, 0) is 9.53 Å². The highest BCUT2D eigenvalue weighted by molar-refractivity contribution is 6.30. The summed E-state index contributed by atoms with van der Waals surface area (Å²) in [5.41, 5.74) is 0.422. The summed E-state index contributed by atoms with van der Waals surface area (Å²) in [6, 6.07) is 3.17. The first-order valence-corrected chi connectivity index (χ1v) is 9.87. The van der Waals surface area contributed by atoms with Crippen molar-refractivity contribution < 1.29 is 24.5 Å². The lowest BCUT2D eigenvalue weighted by atomic mass is 9.94. The first-order valence-electron chi connectivity index (χ1n) is 9.49. The topological polar surface area (TPSA) is 129 Å². The normalized spacial score (nSPS) is 20.9. The number of aliphatic carboxylic acids is 1. The van der Waals surface area contributed by atoms with Crippen LogP contribution in [0.5, 0.6) is 0 Å². The molecule has 0 bridgehead atoms. The van der Waals surface area contributed by atoms with Crippen LogP contribution >= 0.6 is 11.6 Å². The van der Waals surface area contributed by atoms with Crippen molar-refractivity contribution >= 4 is 29.3 Å².